The zero-order valence-electron chi connectivity index (χ0n) is 11.8. The quantitative estimate of drug-likeness (QED) is 0.697. The first-order chi connectivity index (χ1) is 9.21. The summed E-state index contributed by atoms with van der Waals surface area (Å²) in [6.45, 7) is 3.74. The minimum absolute atomic E-state index is 0.0109. The van der Waals surface area contributed by atoms with E-state index in [2.05, 4.69) is 17.6 Å². The molecule has 0 unspecified atom stereocenters. The molecule has 0 spiro atoms. The average Bonchev–Trinajstić information content (AvgIpc) is 2.45. The van der Waals surface area contributed by atoms with Crippen LogP contribution in [0.25, 0.3) is 0 Å². The van der Waals surface area contributed by atoms with Crippen LogP contribution in [0.1, 0.15) is 18.9 Å². The van der Waals surface area contributed by atoms with Gasteiger partial charge in [0.05, 0.1) is 20.8 Å². The zero-order chi connectivity index (χ0) is 14.1. The van der Waals surface area contributed by atoms with E-state index >= 15 is 0 Å². The second-order valence-corrected chi connectivity index (χ2v) is 4.14. The van der Waals surface area contributed by atoms with E-state index in [9.17, 15) is 4.79 Å². The summed E-state index contributed by atoms with van der Waals surface area (Å²) in [4.78, 5) is 11.5. The van der Waals surface area contributed by atoms with Crippen LogP contribution in [0.15, 0.2) is 18.2 Å². The molecule has 0 aromatic heterocycles. The van der Waals surface area contributed by atoms with Gasteiger partial charge in [-0.2, -0.15) is 0 Å². The Kier molecular flexibility index (Phi) is 6.74. The highest BCUT2D eigenvalue weighted by Gasteiger charge is 2.05. The fraction of sp³-hybridized carbons (Fsp3) is 0.500. The van der Waals surface area contributed by atoms with Crippen molar-refractivity contribution in [1.29, 1.82) is 0 Å². The summed E-state index contributed by atoms with van der Waals surface area (Å²) >= 11 is 0. The smallest absolute Gasteiger partial charge is 0.234 e. The SMILES string of the molecule is CCCNCC(=O)NCc1ccc(OC)c(OC)c1. The first kappa shape index (κ1) is 15.3. The maximum absolute atomic E-state index is 11.5. The molecule has 1 aromatic carbocycles. The van der Waals surface area contributed by atoms with Gasteiger partial charge in [-0.05, 0) is 30.7 Å². The van der Waals surface area contributed by atoms with E-state index in [1.54, 1.807) is 14.2 Å². The van der Waals surface area contributed by atoms with Gasteiger partial charge in [0, 0.05) is 6.54 Å². The number of benzene rings is 1. The molecule has 106 valence electrons. The monoisotopic (exact) mass is 266 g/mol. The van der Waals surface area contributed by atoms with Crippen LogP contribution in [0.2, 0.25) is 0 Å². The van der Waals surface area contributed by atoms with Crippen LogP contribution in [0, 0.1) is 0 Å². The highest BCUT2D eigenvalue weighted by molar-refractivity contribution is 5.77. The number of rotatable bonds is 8. The van der Waals surface area contributed by atoms with Gasteiger partial charge in [0.1, 0.15) is 0 Å². The maximum Gasteiger partial charge on any atom is 0.234 e. The third kappa shape index (κ3) is 5.18. The van der Waals surface area contributed by atoms with Crippen LogP contribution in [0.3, 0.4) is 0 Å². The van der Waals surface area contributed by atoms with Gasteiger partial charge in [-0.1, -0.05) is 13.0 Å². The Morgan fingerprint density at radius 2 is 1.95 bits per heavy atom. The lowest BCUT2D eigenvalue weighted by Crippen LogP contribution is -2.33. The van der Waals surface area contributed by atoms with Crippen molar-refractivity contribution in [2.24, 2.45) is 0 Å². The minimum Gasteiger partial charge on any atom is -0.493 e. The zero-order valence-corrected chi connectivity index (χ0v) is 11.8. The van der Waals surface area contributed by atoms with E-state index in [1.807, 2.05) is 18.2 Å². The largest absolute Gasteiger partial charge is 0.493 e. The molecular formula is C14H22N2O3. The molecule has 0 fully saturated rings. The van der Waals surface area contributed by atoms with Gasteiger partial charge in [0.25, 0.3) is 0 Å². The summed E-state index contributed by atoms with van der Waals surface area (Å²) in [6.07, 6.45) is 1.02. The van der Waals surface area contributed by atoms with Gasteiger partial charge >= 0.3 is 0 Å². The Morgan fingerprint density at radius 3 is 2.58 bits per heavy atom. The third-order valence-corrected chi connectivity index (χ3v) is 2.65. The van der Waals surface area contributed by atoms with E-state index < -0.39 is 0 Å². The Bertz CT molecular complexity index is 408. The molecule has 1 aromatic rings. The number of carbonyl (C=O) groups excluding carboxylic acids is 1. The van der Waals surface area contributed by atoms with Crippen LogP contribution in [-0.2, 0) is 11.3 Å². The van der Waals surface area contributed by atoms with E-state index in [4.69, 9.17) is 9.47 Å². The van der Waals surface area contributed by atoms with Gasteiger partial charge in [-0.3, -0.25) is 4.79 Å². The predicted octanol–water partition coefficient (Wildman–Crippen LogP) is 1.32. The molecule has 0 heterocycles. The van der Waals surface area contributed by atoms with E-state index in [0.717, 1.165) is 18.5 Å². The van der Waals surface area contributed by atoms with Crippen LogP contribution in [-0.4, -0.2) is 33.2 Å². The molecular weight excluding hydrogens is 244 g/mol. The summed E-state index contributed by atoms with van der Waals surface area (Å²) < 4.78 is 10.4. The Morgan fingerprint density at radius 1 is 1.21 bits per heavy atom. The number of carbonyl (C=O) groups is 1. The second-order valence-electron chi connectivity index (χ2n) is 4.14. The Hall–Kier alpha value is -1.75. The fourth-order valence-corrected chi connectivity index (χ4v) is 1.63. The number of amides is 1. The predicted molar refractivity (Wildman–Crippen MR) is 74.6 cm³/mol. The molecule has 0 bridgehead atoms. The molecule has 0 atom stereocenters. The van der Waals surface area contributed by atoms with Gasteiger partial charge in [-0.15, -0.1) is 0 Å². The number of nitrogens with one attached hydrogen (secondary N) is 2. The van der Waals surface area contributed by atoms with Crippen LogP contribution >= 0.6 is 0 Å². The molecule has 0 aliphatic heterocycles. The van der Waals surface area contributed by atoms with Crippen molar-refractivity contribution in [3.05, 3.63) is 23.8 Å². The van der Waals surface area contributed by atoms with Crippen molar-refractivity contribution in [2.45, 2.75) is 19.9 Å². The van der Waals surface area contributed by atoms with Crippen LogP contribution < -0.4 is 20.1 Å². The van der Waals surface area contributed by atoms with Gasteiger partial charge in [0.15, 0.2) is 11.5 Å². The molecule has 1 amide bonds. The minimum atomic E-state index is -0.0109. The van der Waals surface area contributed by atoms with Gasteiger partial charge in [0.2, 0.25) is 5.91 Å². The fourth-order valence-electron chi connectivity index (χ4n) is 1.63. The molecule has 0 aliphatic carbocycles. The highest BCUT2D eigenvalue weighted by Crippen LogP contribution is 2.27. The van der Waals surface area contributed by atoms with E-state index in [0.29, 0.717) is 24.6 Å². The molecule has 5 heteroatoms. The first-order valence-electron chi connectivity index (χ1n) is 6.39. The molecule has 5 nitrogen and oxygen atoms in total. The summed E-state index contributed by atoms with van der Waals surface area (Å²) in [5, 5.41) is 5.90. The summed E-state index contributed by atoms with van der Waals surface area (Å²) in [5.74, 6) is 1.34. The van der Waals surface area contributed by atoms with Crippen LogP contribution in [0.5, 0.6) is 11.5 Å². The van der Waals surface area contributed by atoms with Crippen molar-refractivity contribution in [3.8, 4) is 11.5 Å². The summed E-state index contributed by atoms with van der Waals surface area (Å²) in [5.41, 5.74) is 0.974. The number of methoxy groups -OCH3 is 2. The molecule has 0 aliphatic rings. The standard InChI is InChI=1S/C14H22N2O3/c1-4-7-15-10-14(17)16-9-11-5-6-12(18-2)13(8-11)19-3/h5-6,8,15H,4,7,9-10H2,1-3H3,(H,16,17). The molecule has 0 saturated carbocycles. The average molecular weight is 266 g/mol. The first-order valence-corrected chi connectivity index (χ1v) is 6.39. The van der Waals surface area contributed by atoms with Gasteiger partial charge < -0.3 is 20.1 Å². The third-order valence-electron chi connectivity index (χ3n) is 2.65. The van der Waals surface area contributed by atoms with Crippen molar-refractivity contribution < 1.29 is 14.3 Å². The highest BCUT2D eigenvalue weighted by atomic mass is 16.5. The Balaban J connectivity index is 2.47. The molecule has 1 rings (SSSR count). The number of ether oxygens (including phenoxy) is 2. The van der Waals surface area contributed by atoms with Crippen molar-refractivity contribution >= 4 is 5.91 Å². The van der Waals surface area contributed by atoms with Crippen LogP contribution in [0.4, 0.5) is 0 Å². The lowest BCUT2D eigenvalue weighted by atomic mass is 10.2. The normalized spacial score (nSPS) is 10.1. The lowest BCUT2D eigenvalue weighted by molar-refractivity contribution is -0.120. The summed E-state index contributed by atoms with van der Waals surface area (Å²) in [6, 6.07) is 5.59. The number of hydrogen-bond acceptors (Lipinski definition) is 4. The van der Waals surface area contributed by atoms with E-state index in [1.165, 1.54) is 0 Å². The van der Waals surface area contributed by atoms with Crippen molar-refractivity contribution in [1.82, 2.24) is 10.6 Å². The molecule has 0 saturated heterocycles. The molecule has 19 heavy (non-hydrogen) atoms. The maximum atomic E-state index is 11.5. The summed E-state index contributed by atoms with van der Waals surface area (Å²) in [7, 11) is 3.19. The topological polar surface area (TPSA) is 59.6 Å². The van der Waals surface area contributed by atoms with Crippen molar-refractivity contribution in [2.75, 3.05) is 27.3 Å². The number of hydrogen-bond donors (Lipinski definition) is 2. The lowest BCUT2D eigenvalue weighted by Gasteiger charge is -2.10. The Labute approximate surface area is 114 Å². The van der Waals surface area contributed by atoms with Gasteiger partial charge in [-0.25, -0.2) is 0 Å². The second kappa shape index (κ2) is 8.37. The van der Waals surface area contributed by atoms with E-state index in [-0.39, 0.29) is 5.91 Å². The molecule has 2 N–H and O–H groups in total. The van der Waals surface area contributed by atoms with Crippen molar-refractivity contribution in [3.63, 3.8) is 0 Å². The molecule has 0 radical (unpaired) electrons.